The summed E-state index contributed by atoms with van der Waals surface area (Å²) in [7, 11) is -4.93. The van der Waals surface area contributed by atoms with Crippen LogP contribution in [-0.4, -0.2) is 31.3 Å². The van der Waals surface area contributed by atoms with E-state index in [4.69, 9.17) is 10.0 Å². The first kappa shape index (κ1) is 12.2. The second kappa shape index (κ2) is 4.78. The van der Waals surface area contributed by atoms with Crippen molar-refractivity contribution >= 4 is 22.4 Å². The highest BCUT2D eigenvalue weighted by molar-refractivity contribution is 7.91. The van der Waals surface area contributed by atoms with Crippen molar-refractivity contribution in [1.29, 1.82) is 0 Å². The second-order valence-corrected chi connectivity index (χ2v) is 5.37. The van der Waals surface area contributed by atoms with E-state index in [0.717, 1.165) is 0 Å². The molecule has 0 fully saturated rings. The first-order chi connectivity index (χ1) is 6.97. The Morgan fingerprint density at radius 2 is 2.00 bits per heavy atom. The lowest BCUT2D eigenvalue weighted by molar-refractivity contribution is 0.425. The van der Waals surface area contributed by atoms with Gasteiger partial charge in [0.15, 0.2) is 9.84 Å². The van der Waals surface area contributed by atoms with E-state index in [1.165, 1.54) is 24.3 Å². The van der Waals surface area contributed by atoms with Crippen molar-refractivity contribution < 1.29 is 18.5 Å². The largest absolute Gasteiger partial charge is 0.488 e. The Morgan fingerprint density at radius 1 is 1.33 bits per heavy atom. The highest BCUT2D eigenvalue weighted by Gasteiger charge is 2.17. The standard InChI is InChI=1S/C9H13BO4S/c1-2-6-15(13,14)9-5-3-4-8(7-9)10(11)12/h3-5,7,11-12H,2,6H2,1H3. The van der Waals surface area contributed by atoms with Crippen molar-refractivity contribution in [3.05, 3.63) is 24.3 Å². The van der Waals surface area contributed by atoms with Crippen LogP contribution in [0.5, 0.6) is 0 Å². The van der Waals surface area contributed by atoms with Crippen molar-refractivity contribution in [3.63, 3.8) is 0 Å². The van der Waals surface area contributed by atoms with Gasteiger partial charge in [-0.3, -0.25) is 0 Å². The van der Waals surface area contributed by atoms with Crippen molar-refractivity contribution in [3.8, 4) is 0 Å². The van der Waals surface area contributed by atoms with Crippen molar-refractivity contribution in [1.82, 2.24) is 0 Å². The quantitative estimate of drug-likeness (QED) is 0.684. The van der Waals surface area contributed by atoms with Gasteiger partial charge in [0, 0.05) is 0 Å². The predicted molar refractivity (Wildman–Crippen MR) is 58.6 cm³/mol. The Hall–Kier alpha value is -0.845. The molecule has 0 amide bonds. The number of hydrogen-bond acceptors (Lipinski definition) is 4. The number of sulfone groups is 1. The highest BCUT2D eigenvalue weighted by Crippen LogP contribution is 2.10. The second-order valence-electron chi connectivity index (χ2n) is 3.27. The summed E-state index contributed by atoms with van der Waals surface area (Å²) in [6, 6.07) is 5.71. The zero-order chi connectivity index (χ0) is 11.5. The van der Waals surface area contributed by atoms with Gasteiger partial charge in [-0.05, 0) is 24.0 Å². The number of benzene rings is 1. The molecular formula is C9H13BO4S. The van der Waals surface area contributed by atoms with E-state index in [9.17, 15) is 8.42 Å². The first-order valence-electron chi connectivity index (χ1n) is 4.66. The summed E-state index contributed by atoms with van der Waals surface area (Å²) in [6.45, 7) is 1.78. The van der Waals surface area contributed by atoms with Gasteiger partial charge < -0.3 is 10.0 Å². The molecule has 1 rings (SSSR count). The summed E-state index contributed by atoms with van der Waals surface area (Å²) < 4.78 is 23.3. The Morgan fingerprint density at radius 3 is 2.53 bits per heavy atom. The van der Waals surface area contributed by atoms with Gasteiger partial charge in [0.05, 0.1) is 10.6 Å². The Labute approximate surface area is 89.6 Å². The average molecular weight is 228 g/mol. The van der Waals surface area contributed by atoms with Crippen LogP contribution in [0.25, 0.3) is 0 Å². The molecule has 0 spiro atoms. The fourth-order valence-electron chi connectivity index (χ4n) is 1.26. The van der Waals surface area contributed by atoms with E-state index in [1.54, 1.807) is 6.92 Å². The van der Waals surface area contributed by atoms with E-state index in [0.29, 0.717) is 6.42 Å². The van der Waals surface area contributed by atoms with Crippen LogP contribution >= 0.6 is 0 Å². The SMILES string of the molecule is CCCS(=O)(=O)c1cccc(B(O)O)c1. The minimum atomic E-state index is -3.29. The maximum Gasteiger partial charge on any atom is 0.488 e. The number of hydrogen-bond donors (Lipinski definition) is 2. The third-order valence-electron chi connectivity index (χ3n) is 1.99. The van der Waals surface area contributed by atoms with Crippen LogP contribution in [0.2, 0.25) is 0 Å². The molecule has 0 aliphatic rings. The molecule has 2 N–H and O–H groups in total. The topological polar surface area (TPSA) is 74.6 Å². The van der Waals surface area contributed by atoms with Crippen LogP contribution in [-0.2, 0) is 9.84 Å². The van der Waals surface area contributed by atoms with Crippen LogP contribution in [0.4, 0.5) is 0 Å². The van der Waals surface area contributed by atoms with E-state index >= 15 is 0 Å². The maximum atomic E-state index is 11.6. The third kappa shape index (κ3) is 3.05. The molecule has 1 aromatic rings. The summed E-state index contributed by atoms with van der Waals surface area (Å²) >= 11 is 0. The fraction of sp³-hybridized carbons (Fsp3) is 0.333. The minimum absolute atomic E-state index is 0.0674. The van der Waals surface area contributed by atoms with E-state index in [-0.39, 0.29) is 16.1 Å². The molecule has 15 heavy (non-hydrogen) atoms. The molecule has 0 aliphatic heterocycles. The van der Waals surface area contributed by atoms with Crippen LogP contribution in [0.1, 0.15) is 13.3 Å². The predicted octanol–water partition coefficient (Wildman–Crippen LogP) is -0.450. The van der Waals surface area contributed by atoms with Crippen LogP contribution in [0, 0.1) is 0 Å². The van der Waals surface area contributed by atoms with E-state index < -0.39 is 17.0 Å². The normalized spacial score (nSPS) is 11.4. The van der Waals surface area contributed by atoms with Gasteiger partial charge in [0.1, 0.15) is 0 Å². The van der Waals surface area contributed by atoms with E-state index in [2.05, 4.69) is 0 Å². The zero-order valence-corrected chi connectivity index (χ0v) is 9.24. The van der Waals surface area contributed by atoms with Crippen LogP contribution in [0.15, 0.2) is 29.2 Å². The molecule has 0 saturated carbocycles. The summed E-state index contributed by atoms with van der Waals surface area (Å²) in [5.41, 5.74) is 0.187. The van der Waals surface area contributed by atoms with Gasteiger partial charge in [-0.1, -0.05) is 19.1 Å². The summed E-state index contributed by atoms with van der Waals surface area (Å²) in [5, 5.41) is 17.8. The first-order valence-corrected chi connectivity index (χ1v) is 6.31. The average Bonchev–Trinajstić information content (AvgIpc) is 2.18. The van der Waals surface area contributed by atoms with Crippen molar-refractivity contribution in [2.24, 2.45) is 0 Å². The maximum absolute atomic E-state index is 11.6. The molecule has 0 heterocycles. The lowest BCUT2D eigenvalue weighted by Crippen LogP contribution is -2.30. The smallest absolute Gasteiger partial charge is 0.423 e. The van der Waals surface area contributed by atoms with Crippen LogP contribution < -0.4 is 5.46 Å². The molecule has 6 heteroatoms. The lowest BCUT2D eigenvalue weighted by Gasteiger charge is -2.05. The minimum Gasteiger partial charge on any atom is -0.423 e. The lowest BCUT2D eigenvalue weighted by atomic mass is 9.80. The van der Waals surface area contributed by atoms with Gasteiger partial charge in [-0.2, -0.15) is 0 Å². The van der Waals surface area contributed by atoms with Gasteiger partial charge in [0.25, 0.3) is 0 Å². The Balaban J connectivity index is 3.11. The molecule has 0 aromatic heterocycles. The monoisotopic (exact) mass is 228 g/mol. The van der Waals surface area contributed by atoms with Gasteiger partial charge in [-0.25, -0.2) is 8.42 Å². The van der Waals surface area contributed by atoms with Crippen LogP contribution in [0.3, 0.4) is 0 Å². The molecule has 0 bridgehead atoms. The molecule has 0 saturated heterocycles. The summed E-state index contributed by atoms with van der Waals surface area (Å²) in [4.78, 5) is 0.134. The van der Waals surface area contributed by atoms with Gasteiger partial charge >= 0.3 is 7.12 Å². The molecule has 0 aliphatic carbocycles. The zero-order valence-electron chi connectivity index (χ0n) is 8.42. The summed E-state index contributed by atoms with van der Waals surface area (Å²) in [5.74, 6) is 0.0674. The van der Waals surface area contributed by atoms with Crippen molar-refractivity contribution in [2.45, 2.75) is 18.2 Å². The van der Waals surface area contributed by atoms with E-state index in [1.807, 2.05) is 0 Å². The van der Waals surface area contributed by atoms with Gasteiger partial charge in [0.2, 0.25) is 0 Å². The molecular weight excluding hydrogens is 215 g/mol. The molecule has 0 unspecified atom stereocenters. The Bertz CT molecular complexity index is 427. The molecule has 0 atom stereocenters. The third-order valence-corrected chi connectivity index (χ3v) is 3.91. The van der Waals surface area contributed by atoms with Crippen molar-refractivity contribution in [2.75, 3.05) is 5.75 Å². The van der Waals surface area contributed by atoms with Gasteiger partial charge in [-0.15, -0.1) is 0 Å². The molecule has 1 aromatic carbocycles. The molecule has 82 valence electrons. The summed E-state index contributed by atoms with van der Waals surface area (Å²) in [6.07, 6.45) is 0.536. The molecule has 4 nitrogen and oxygen atoms in total. The Kier molecular flexibility index (Phi) is 3.90. The highest BCUT2D eigenvalue weighted by atomic mass is 32.2. The number of rotatable bonds is 4. The molecule has 0 radical (unpaired) electrons. The fourth-order valence-corrected chi connectivity index (χ4v) is 2.63.